The van der Waals surface area contributed by atoms with Crippen molar-refractivity contribution in [2.24, 2.45) is 0 Å². The Morgan fingerprint density at radius 3 is 2.20 bits per heavy atom. The number of aryl methyl sites for hydroxylation is 1. The summed E-state index contributed by atoms with van der Waals surface area (Å²) in [6, 6.07) is 7.68. The maximum atomic E-state index is 13.5. The molecule has 0 fully saturated rings. The minimum atomic E-state index is -0.983. The van der Waals surface area contributed by atoms with Crippen LogP contribution in [0.25, 0.3) is 16.7 Å². The van der Waals surface area contributed by atoms with Crippen LogP contribution in [0.1, 0.15) is 15.3 Å². The monoisotopic (exact) mass is 284 g/mol. The topological polar surface area (TPSA) is 47.6 Å². The molecule has 0 spiro atoms. The summed E-state index contributed by atoms with van der Waals surface area (Å²) in [5.74, 6) is -1.92. The van der Waals surface area contributed by atoms with Crippen LogP contribution >= 0.6 is 11.3 Å². The molecule has 5 heteroatoms. The predicted octanol–water partition coefficient (Wildman–Crippen LogP) is 4.16. The lowest BCUT2D eigenvalue weighted by atomic mass is 10.0. The van der Waals surface area contributed by atoms with Crippen LogP contribution in [0.15, 0.2) is 23.8 Å². The molecule has 0 saturated heterocycles. The molecular formula is C15H6F2N2S. The van der Waals surface area contributed by atoms with Crippen molar-refractivity contribution in [2.45, 2.75) is 6.92 Å². The average Bonchev–Trinajstić information content (AvgIpc) is 2.90. The van der Waals surface area contributed by atoms with Crippen LogP contribution in [0, 0.1) is 41.2 Å². The molecule has 0 radical (unpaired) electrons. The Bertz CT molecular complexity index is 847. The van der Waals surface area contributed by atoms with Gasteiger partial charge in [0.2, 0.25) is 0 Å². The molecule has 1 aromatic heterocycles. The first kappa shape index (κ1) is 12.5. The molecule has 1 aromatic carbocycles. The maximum absolute atomic E-state index is 13.5. The highest BCUT2D eigenvalue weighted by Crippen LogP contribution is 2.49. The van der Waals surface area contributed by atoms with E-state index in [2.05, 4.69) is 0 Å². The molecule has 2 aromatic rings. The number of fused-ring (bicyclic) bond motifs is 3. The van der Waals surface area contributed by atoms with Crippen LogP contribution in [-0.2, 0) is 0 Å². The zero-order valence-electron chi connectivity index (χ0n) is 10.3. The molecule has 2 nitrogen and oxygen atoms in total. The largest absolute Gasteiger partial charge is 0.204 e. The van der Waals surface area contributed by atoms with Crippen LogP contribution in [0.4, 0.5) is 8.78 Å². The lowest BCUT2D eigenvalue weighted by molar-refractivity contribution is 0.509. The fourth-order valence-electron chi connectivity index (χ4n) is 2.38. The standard InChI is InChI=1S/C15H6F2N2S/c1-7-2-11-9-3-12(16)13(17)4-10(9)14(15(11)20-7)8(5-18)6-19/h2-4H,1H3. The van der Waals surface area contributed by atoms with E-state index < -0.39 is 11.6 Å². The third kappa shape index (κ3) is 1.57. The minimum absolute atomic E-state index is 0.0853. The van der Waals surface area contributed by atoms with Gasteiger partial charge < -0.3 is 0 Å². The van der Waals surface area contributed by atoms with Crippen molar-refractivity contribution in [3.05, 3.63) is 50.7 Å². The van der Waals surface area contributed by atoms with E-state index in [1.54, 1.807) is 0 Å². The second kappa shape index (κ2) is 4.26. The Kier molecular flexibility index (Phi) is 2.67. The molecule has 0 unspecified atom stereocenters. The van der Waals surface area contributed by atoms with E-state index in [9.17, 15) is 8.78 Å². The molecule has 1 aliphatic carbocycles. The number of nitriles is 2. The van der Waals surface area contributed by atoms with Gasteiger partial charge in [-0.15, -0.1) is 11.3 Å². The summed E-state index contributed by atoms with van der Waals surface area (Å²) in [5.41, 5.74) is 2.00. The maximum Gasteiger partial charge on any atom is 0.159 e. The van der Waals surface area contributed by atoms with Gasteiger partial charge in [-0.05, 0) is 36.2 Å². The average molecular weight is 284 g/mol. The predicted molar refractivity (Wildman–Crippen MR) is 71.7 cm³/mol. The molecular weight excluding hydrogens is 278 g/mol. The summed E-state index contributed by atoms with van der Waals surface area (Å²) in [5, 5.41) is 18.1. The lowest BCUT2D eigenvalue weighted by Crippen LogP contribution is -1.90. The molecule has 1 aliphatic rings. The van der Waals surface area contributed by atoms with Gasteiger partial charge in [-0.1, -0.05) is 0 Å². The normalized spacial score (nSPS) is 11.6. The van der Waals surface area contributed by atoms with Gasteiger partial charge in [0.25, 0.3) is 0 Å². The summed E-state index contributed by atoms with van der Waals surface area (Å²) < 4.78 is 26.9. The van der Waals surface area contributed by atoms with Crippen molar-refractivity contribution in [1.82, 2.24) is 0 Å². The first-order valence-corrected chi connectivity index (χ1v) is 6.53. The second-order valence-corrected chi connectivity index (χ2v) is 5.64. The number of hydrogen-bond donors (Lipinski definition) is 0. The molecule has 3 rings (SSSR count). The zero-order valence-corrected chi connectivity index (χ0v) is 11.1. The summed E-state index contributed by atoms with van der Waals surface area (Å²) in [6.45, 7) is 1.89. The number of hydrogen-bond acceptors (Lipinski definition) is 3. The first-order valence-electron chi connectivity index (χ1n) is 5.72. The van der Waals surface area contributed by atoms with Gasteiger partial charge in [0.1, 0.15) is 17.7 Å². The second-order valence-electron chi connectivity index (χ2n) is 4.39. The van der Waals surface area contributed by atoms with Gasteiger partial charge in [-0.2, -0.15) is 10.5 Å². The van der Waals surface area contributed by atoms with Crippen molar-refractivity contribution >= 4 is 16.9 Å². The van der Waals surface area contributed by atoms with Crippen LogP contribution in [0.3, 0.4) is 0 Å². The Hall–Kier alpha value is -2.50. The van der Waals surface area contributed by atoms with E-state index in [-0.39, 0.29) is 5.57 Å². The van der Waals surface area contributed by atoms with Crippen LogP contribution in [0.5, 0.6) is 0 Å². The highest BCUT2D eigenvalue weighted by molar-refractivity contribution is 7.13. The van der Waals surface area contributed by atoms with Crippen molar-refractivity contribution < 1.29 is 8.78 Å². The third-order valence-corrected chi connectivity index (χ3v) is 4.24. The number of rotatable bonds is 0. The van der Waals surface area contributed by atoms with Crippen LogP contribution < -0.4 is 0 Å². The van der Waals surface area contributed by atoms with Crippen molar-refractivity contribution in [3.63, 3.8) is 0 Å². The summed E-state index contributed by atoms with van der Waals surface area (Å²) in [7, 11) is 0. The molecule has 0 N–H and O–H groups in total. The summed E-state index contributed by atoms with van der Waals surface area (Å²) in [6.07, 6.45) is 0. The van der Waals surface area contributed by atoms with Crippen molar-refractivity contribution in [1.29, 1.82) is 10.5 Å². The van der Waals surface area contributed by atoms with Crippen molar-refractivity contribution in [2.75, 3.05) is 0 Å². The van der Waals surface area contributed by atoms with E-state index in [1.807, 2.05) is 25.1 Å². The Labute approximate surface area is 117 Å². The van der Waals surface area contributed by atoms with Gasteiger partial charge in [0.05, 0.1) is 0 Å². The highest BCUT2D eigenvalue weighted by Gasteiger charge is 2.30. The van der Waals surface area contributed by atoms with E-state index >= 15 is 0 Å². The molecule has 1 heterocycles. The zero-order chi connectivity index (χ0) is 14.4. The minimum Gasteiger partial charge on any atom is -0.204 e. The number of allylic oxidation sites excluding steroid dienone is 1. The SMILES string of the molecule is Cc1cc2c(s1)C(=C(C#N)C#N)c1cc(F)c(F)cc1-2. The molecule has 0 bridgehead atoms. The molecule has 96 valence electrons. The van der Waals surface area contributed by atoms with E-state index in [4.69, 9.17) is 10.5 Å². The highest BCUT2D eigenvalue weighted by atomic mass is 32.1. The number of nitrogens with zero attached hydrogens (tertiary/aromatic N) is 2. The third-order valence-electron chi connectivity index (χ3n) is 3.18. The van der Waals surface area contributed by atoms with E-state index in [0.29, 0.717) is 16.7 Å². The molecule has 0 saturated carbocycles. The smallest absolute Gasteiger partial charge is 0.159 e. The molecule has 20 heavy (non-hydrogen) atoms. The van der Waals surface area contributed by atoms with Gasteiger partial charge in [-0.25, -0.2) is 8.78 Å². The first-order chi connectivity index (χ1) is 9.56. The van der Waals surface area contributed by atoms with Gasteiger partial charge in [-0.3, -0.25) is 0 Å². The van der Waals surface area contributed by atoms with Crippen molar-refractivity contribution in [3.8, 4) is 23.3 Å². The van der Waals surface area contributed by atoms with Gasteiger partial charge in [0, 0.05) is 20.9 Å². The Morgan fingerprint density at radius 2 is 1.60 bits per heavy atom. The number of halogens is 2. The van der Waals surface area contributed by atoms with Crippen LogP contribution in [-0.4, -0.2) is 0 Å². The molecule has 0 amide bonds. The summed E-state index contributed by atoms with van der Waals surface area (Å²) >= 11 is 1.41. The number of thiophene rings is 1. The number of benzene rings is 1. The van der Waals surface area contributed by atoms with Gasteiger partial charge >= 0.3 is 0 Å². The molecule has 0 atom stereocenters. The quantitative estimate of drug-likeness (QED) is 0.582. The van der Waals surface area contributed by atoms with E-state index in [0.717, 1.165) is 27.5 Å². The Balaban J connectivity index is 2.47. The fourth-order valence-corrected chi connectivity index (χ4v) is 3.48. The fraction of sp³-hybridized carbons (Fsp3) is 0.0667. The molecule has 0 aliphatic heterocycles. The Morgan fingerprint density at radius 1 is 1.00 bits per heavy atom. The van der Waals surface area contributed by atoms with Gasteiger partial charge in [0.15, 0.2) is 11.6 Å². The summed E-state index contributed by atoms with van der Waals surface area (Å²) in [4.78, 5) is 1.71. The van der Waals surface area contributed by atoms with Crippen LogP contribution in [0.2, 0.25) is 0 Å². The lowest BCUT2D eigenvalue weighted by Gasteiger charge is -2.03. The van der Waals surface area contributed by atoms with E-state index in [1.165, 1.54) is 11.3 Å².